The van der Waals surface area contributed by atoms with Gasteiger partial charge in [0.2, 0.25) is 5.91 Å². The van der Waals surface area contributed by atoms with Crippen LogP contribution in [-0.2, 0) is 15.0 Å². The number of carbonyl (C=O) groups excluding carboxylic acids is 1. The van der Waals surface area contributed by atoms with E-state index in [2.05, 4.69) is 5.32 Å². The molecular formula is C10H20N4O3S. The van der Waals surface area contributed by atoms with Crippen molar-refractivity contribution in [2.45, 2.75) is 12.8 Å². The zero-order valence-electron chi connectivity index (χ0n) is 10.3. The van der Waals surface area contributed by atoms with Gasteiger partial charge in [-0.1, -0.05) is 0 Å². The Morgan fingerprint density at radius 3 is 2.61 bits per heavy atom. The summed E-state index contributed by atoms with van der Waals surface area (Å²) in [4.78, 5) is 11.1. The third kappa shape index (κ3) is 2.82. The molecule has 7 nitrogen and oxygen atoms in total. The van der Waals surface area contributed by atoms with E-state index in [-0.39, 0.29) is 12.5 Å². The highest BCUT2D eigenvalue weighted by molar-refractivity contribution is 7.86. The van der Waals surface area contributed by atoms with Crippen LogP contribution >= 0.6 is 0 Å². The van der Waals surface area contributed by atoms with Gasteiger partial charge in [-0.05, 0) is 19.4 Å². The van der Waals surface area contributed by atoms with Crippen LogP contribution in [0, 0.1) is 5.92 Å². The molecule has 2 heterocycles. The number of carbonyl (C=O) groups is 1. The van der Waals surface area contributed by atoms with Gasteiger partial charge in [-0.3, -0.25) is 4.79 Å². The van der Waals surface area contributed by atoms with E-state index in [0.29, 0.717) is 32.6 Å². The summed E-state index contributed by atoms with van der Waals surface area (Å²) in [6, 6.07) is 0. The highest BCUT2D eigenvalue weighted by Crippen LogP contribution is 2.21. The fraction of sp³-hybridized carbons (Fsp3) is 0.900. The molecule has 0 aromatic heterocycles. The highest BCUT2D eigenvalue weighted by atomic mass is 32.2. The van der Waals surface area contributed by atoms with Gasteiger partial charge in [-0.25, -0.2) is 0 Å². The summed E-state index contributed by atoms with van der Waals surface area (Å²) in [6.45, 7) is 3.15. The lowest BCUT2D eigenvalue weighted by molar-refractivity contribution is -0.121. The van der Waals surface area contributed by atoms with Gasteiger partial charge in [0.05, 0.1) is 5.92 Å². The van der Waals surface area contributed by atoms with E-state index in [4.69, 9.17) is 5.73 Å². The summed E-state index contributed by atoms with van der Waals surface area (Å²) in [7, 11) is -3.43. The summed E-state index contributed by atoms with van der Waals surface area (Å²) in [5, 5.41) is 3.17. The van der Waals surface area contributed by atoms with Crippen LogP contribution in [0.1, 0.15) is 12.8 Å². The van der Waals surface area contributed by atoms with E-state index in [9.17, 15) is 13.2 Å². The van der Waals surface area contributed by atoms with Gasteiger partial charge in [-0.2, -0.15) is 17.0 Å². The van der Waals surface area contributed by atoms with Crippen LogP contribution < -0.4 is 11.1 Å². The Labute approximate surface area is 107 Å². The largest absolute Gasteiger partial charge is 0.369 e. The molecule has 1 atom stereocenters. The highest BCUT2D eigenvalue weighted by Gasteiger charge is 2.37. The van der Waals surface area contributed by atoms with Gasteiger partial charge < -0.3 is 11.1 Å². The molecule has 0 aromatic carbocycles. The van der Waals surface area contributed by atoms with Crippen molar-refractivity contribution in [3.63, 3.8) is 0 Å². The first-order chi connectivity index (χ1) is 8.51. The second-order valence-corrected chi connectivity index (χ2v) is 6.68. The molecule has 0 aliphatic carbocycles. The van der Waals surface area contributed by atoms with Crippen molar-refractivity contribution in [2.24, 2.45) is 11.7 Å². The Morgan fingerprint density at radius 2 is 1.94 bits per heavy atom. The molecule has 2 aliphatic heterocycles. The Balaban J connectivity index is 2.04. The molecule has 0 radical (unpaired) electrons. The van der Waals surface area contributed by atoms with Crippen molar-refractivity contribution in [2.75, 3.05) is 39.3 Å². The van der Waals surface area contributed by atoms with E-state index in [1.165, 1.54) is 8.61 Å². The zero-order valence-corrected chi connectivity index (χ0v) is 11.2. The van der Waals surface area contributed by atoms with E-state index >= 15 is 0 Å². The molecule has 3 N–H and O–H groups in total. The molecule has 0 spiro atoms. The summed E-state index contributed by atoms with van der Waals surface area (Å²) < 4.78 is 27.6. The minimum Gasteiger partial charge on any atom is -0.369 e. The number of primary amides is 1. The number of nitrogens with one attached hydrogen (secondary N) is 1. The number of hydrogen-bond acceptors (Lipinski definition) is 4. The molecule has 2 saturated heterocycles. The van der Waals surface area contributed by atoms with Gasteiger partial charge in [0.25, 0.3) is 10.2 Å². The molecule has 104 valence electrons. The molecule has 8 heteroatoms. The minimum atomic E-state index is -3.43. The van der Waals surface area contributed by atoms with E-state index in [1.54, 1.807) is 0 Å². The maximum absolute atomic E-state index is 12.4. The first kappa shape index (κ1) is 13.7. The van der Waals surface area contributed by atoms with Crippen LogP contribution in [0.25, 0.3) is 0 Å². The van der Waals surface area contributed by atoms with Crippen LogP contribution in [0.2, 0.25) is 0 Å². The Kier molecular flexibility index (Phi) is 4.21. The normalized spacial score (nSPS) is 28.1. The summed E-state index contributed by atoms with van der Waals surface area (Å²) in [5.74, 6) is -0.755. The fourth-order valence-electron chi connectivity index (χ4n) is 2.38. The lowest BCUT2D eigenvalue weighted by Crippen LogP contribution is -2.44. The number of hydrogen-bond donors (Lipinski definition) is 2. The van der Waals surface area contributed by atoms with Crippen molar-refractivity contribution in [1.29, 1.82) is 0 Å². The topological polar surface area (TPSA) is 95.7 Å². The third-order valence-corrected chi connectivity index (χ3v) is 5.51. The number of rotatable bonds is 3. The van der Waals surface area contributed by atoms with E-state index in [1.807, 2.05) is 0 Å². The molecule has 1 amide bonds. The Bertz CT molecular complexity index is 403. The quantitative estimate of drug-likeness (QED) is 0.644. The lowest BCUT2D eigenvalue weighted by atomic mass is 10.1. The maximum Gasteiger partial charge on any atom is 0.282 e. The van der Waals surface area contributed by atoms with Crippen molar-refractivity contribution in [3.8, 4) is 0 Å². The predicted octanol–water partition coefficient (Wildman–Crippen LogP) is -1.67. The van der Waals surface area contributed by atoms with E-state index < -0.39 is 16.1 Å². The lowest BCUT2D eigenvalue weighted by Gasteiger charge is -2.25. The number of amides is 1. The molecule has 2 fully saturated rings. The molecule has 0 bridgehead atoms. The van der Waals surface area contributed by atoms with Crippen LogP contribution in [0.15, 0.2) is 0 Å². The van der Waals surface area contributed by atoms with Gasteiger partial charge >= 0.3 is 0 Å². The van der Waals surface area contributed by atoms with Crippen LogP contribution in [0.4, 0.5) is 0 Å². The molecule has 2 aliphatic rings. The van der Waals surface area contributed by atoms with Crippen molar-refractivity contribution in [1.82, 2.24) is 13.9 Å². The van der Waals surface area contributed by atoms with Crippen molar-refractivity contribution < 1.29 is 13.2 Å². The average molecular weight is 276 g/mol. The molecule has 2 rings (SSSR count). The van der Waals surface area contributed by atoms with E-state index in [0.717, 1.165) is 13.0 Å². The maximum atomic E-state index is 12.4. The minimum absolute atomic E-state index is 0.224. The van der Waals surface area contributed by atoms with Gasteiger partial charge in [0.1, 0.15) is 0 Å². The average Bonchev–Trinajstić information content (AvgIpc) is 2.66. The molecule has 1 unspecified atom stereocenters. The first-order valence-electron chi connectivity index (χ1n) is 6.27. The summed E-state index contributed by atoms with van der Waals surface area (Å²) in [5.41, 5.74) is 5.22. The van der Waals surface area contributed by atoms with Crippen LogP contribution in [-0.4, -0.2) is 62.2 Å². The zero-order chi connectivity index (χ0) is 13.2. The molecule has 18 heavy (non-hydrogen) atoms. The monoisotopic (exact) mass is 276 g/mol. The first-order valence-corrected chi connectivity index (χ1v) is 7.67. The summed E-state index contributed by atoms with van der Waals surface area (Å²) >= 11 is 0. The molecule has 0 saturated carbocycles. The number of nitrogens with zero attached hydrogens (tertiary/aromatic N) is 2. The molecular weight excluding hydrogens is 256 g/mol. The van der Waals surface area contributed by atoms with Crippen molar-refractivity contribution >= 4 is 16.1 Å². The second-order valence-electron chi connectivity index (χ2n) is 4.76. The summed E-state index contributed by atoms with van der Waals surface area (Å²) in [6.07, 6.45) is 1.34. The predicted molar refractivity (Wildman–Crippen MR) is 66.9 cm³/mol. The fourth-order valence-corrected chi connectivity index (χ4v) is 4.10. The standard InChI is InChI=1S/C10H20N4O3S/c11-10(15)9-2-6-14(8-9)18(16,17)13-5-1-3-12-4-7-13/h9,12H,1-8H2,(H2,11,15). The van der Waals surface area contributed by atoms with Gasteiger partial charge in [0, 0.05) is 32.7 Å². The van der Waals surface area contributed by atoms with Gasteiger partial charge in [-0.15, -0.1) is 0 Å². The third-order valence-electron chi connectivity index (χ3n) is 3.50. The van der Waals surface area contributed by atoms with Crippen molar-refractivity contribution in [3.05, 3.63) is 0 Å². The van der Waals surface area contributed by atoms with Crippen LogP contribution in [0.5, 0.6) is 0 Å². The number of nitrogens with two attached hydrogens (primary N) is 1. The van der Waals surface area contributed by atoms with Gasteiger partial charge in [0.15, 0.2) is 0 Å². The van der Waals surface area contributed by atoms with Crippen LogP contribution in [0.3, 0.4) is 0 Å². The Morgan fingerprint density at radius 1 is 1.17 bits per heavy atom. The second kappa shape index (κ2) is 5.52. The SMILES string of the molecule is NC(=O)C1CCN(S(=O)(=O)N2CCCNCC2)C1. The molecule has 0 aromatic rings. The smallest absolute Gasteiger partial charge is 0.282 e. The Hall–Kier alpha value is -0.700.